The first-order valence-electron chi connectivity index (χ1n) is 5.80. The van der Waals surface area contributed by atoms with Crippen molar-refractivity contribution in [2.45, 2.75) is 0 Å². The molecule has 0 saturated carbocycles. The van der Waals surface area contributed by atoms with Gasteiger partial charge in [0, 0.05) is 24.0 Å². The van der Waals surface area contributed by atoms with Crippen LogP contribution in [-0.4, -0.2) is 19.7 Å². The Kier molecular flexibility index (Phi) is 3.52. The smallest absolute Gasteiger partial charge is 0.200 e. The average Bonchev–Trinajstić information content (AvgIpc) is 2.81. The van der Waals surface area contributed by atoms with Crippen LogP contribution in [0.4, 0.5) is 8.78 Å². The topological polar surface area (TPSA) is 46.5 Å². The lowest BCUT2D eigenvalue weighted by Gasteiger charge is -2.10. The number of nitrogens with one attached hydrogen (secondary N) is 1. The molecule has 0 saturated heterocycles. The van der Waals surface area contributed by atoms with Gasteiger partial charge in [-0.3, -0.25) is 14.6 Å². The first kappa shape index (κ1) is 13.8. The summed E-state index contributed by atoms with van der Waals surface area (Å²) < 4.78 is 28.7. The fraction of sp³-hybridized carbons (Fsp3) is 0. The van der Waals surface area contributed by atoms with Crippen LogP contribution in [0.3, 0.4) is 0 Å². The number of nitrogens with zero attached hydrogens (tertiary/aromatic N) is 3. The summed E-state index contributed by atoms with van der Waals surface area (Å²) in [6.07, 6.45) is 3.15. The summed E-state index contributed by atoms with van der Waals surface area (Å²) in [5.41, 5.74) is 0.556. The van der Waals surface area contributed by atoms with Crippen LogP contribution < -0.4 is 0 Å². The predicted octanol–water partition coefficient (Wildman–Crippen LogP) is 3.92. The van der Waals surface area contributed by atoms with Crippen LogP contribution >= 0.6 is 23.8 Å². The van der Waals surface area contributed by atoms with E-state index in [2.05, 4.69) is 15.2 Å². The SMILES string of the molecule is Fc1cc(F)c(-n2c(-c3cccnc3)n[nH]c2=S)c(Cl)c1. The fourth-order valence-electron chi connectivity index (χ4n) is 1.94. The molecule has 1 aromatic carbocycles. The second-order valence-electron chi connectivity index (χ2n) is 4.15. The normalized spacial score (nSPS) is 10.8. The fourth-order valence-corrected chi connectivity index (χ4v) is 2.44. The van der Waals surface area contributed by atoms with Gasteiger partial charge >= 0.3 is 0 Å². The van der Waals surface area contributed by atoms with E-state index in [1.807, 2.05) is 0 Å². The quantitative estimate of drug-likeness (QED) is 0.727. The maximum absolute atomic E-state index is 14.1. The van der Waals surface area contributed by atoms with Crippen LogP contribution in [0.25, 0.3) is 17.1 Å². The van der Waals surface area contributed by atoms with Crippen molar-refractivity contribution in [1.29, 1.82) is 0 Å². The minimum absolute atomic E-state index is 0.0596. The van der Waals surface area contributed by atoms with E-state index in [1.165, 1.54) is 4.57 Å². The number of aromatic nitrogens is 4. The maximum Gasteiger partial charge on any atom is 0.200 e. The highest BCUT2D eigenvalue weighted by molar-refractivity contribution is 7.71. The van der Waals surface area contributed by atoms with Crippen LogP contribution in [0.2, 0.25) is 5.02 Å². The summed E-state index contributed by atoms with van der Waals surface area (Å²) in [5.74, 6) is -1.26. The Morgan fingerprint density at radius 2 is 2.10 bits per heavy atom. The molecular weight excluding hydrogens is 318 g/mol. The third-order valence-electron chi connectivity index (χ3n) is 2.80. The molecule has 0 unspecified atom stereocenters. The standard InChI is InChI=1S/C13H7ClF2N4S/c14-9-4-8(15)5-10(16)11(9)20-12(18-19-13(20)21)7-2-1-3-17-6-7/h1-6H,(H,19,21). The van der Waals surface area contributed by atoms with Crippen LogP contribution in [0, 0.1) is 16.4 Å². The van der Waals surface area contributed by atoms with Gasteiger partial charge in [-0.2, -0.15) is 5.10 Å². The lowest BCUT2D eigenvalue weighted by Crippen LogP contribution is -2.03. The Balaban J connectivity index is 2.30. The van der Waals surface area contributed by atoms with Crippen molar-refractivity contribution in [3.8, 4) is 17.1 Å². The third kappa shape index (κ3) is 2.45. The van der Waals surface area contributed by atoms with E-state index in [4.69, 9.17) is 23.8 Å². The summed E-state index contributed by atoms with van der Waals surface area (Å²) in [4.78, 5) is 3.98. The summed E-state index contributed by atoms with van der Waals surface area (Å²) in [6, 6.07) is 5.20. The molecule has 0 bridgehead atoms. The minimum Gasteiger partial charge on any atom is -0.264 e. The van der Waals surface area contributed by atoms with Crippen LogP contribution in [0.5, 0.6) is 0 Å². The minimum atomic E-state index is -0.831. The van der Waals surface area contributed by atoms with E-state index >= 15 is 0 Å². The van der Waals surface area contributed by atoms with Crippen LogP contribution in [0.15, 0.2) is 36.7 Å². The molecule has 21 heavy (non-hydrogen) atoms. The van der Waals surface area contributed by atoms with Crippen molar-refractivity contribution in [2.24, 2.45) is 0 Å². The Morgan fingerprint density at radius 3 is 2.76 bits per heavy atom. The van der Waals surface area contributed by atoms with E-state index in [1.54, 1.807) is 24.5 Å². The molecule has 0 aliphatic rings. The maximum atomic E-state index is 14.1. The lowest BCUT2D eigenvalue weighted by molar-refractivity contribution is 0.578. The Hall–Kier alpha value is -2.12. The Labute approximate surface area is 128 Å². The molecule has 106 valence electrons. The zero-order valence-electron chi connectivity index (χ0n) is 10.3. The molecule has 0 spiro atoms. The molecule has 3 rings (SSSR count). The van der Waals surface area contributed by atoms with Crippen molar-refractivity contribution >= 4 is 23.8 Å². The van der Waals surface area contributed by atoms with Crippen LogP contribution in [-0.2, 0) is 0 Å². The van der Waals surface area contributed by atoms with Crippen LogP contribution in [0.1, 0.15) is 0 Å². The van der Waals surface area contributed by atoms with E-state index in [9.17, 15) is 8.78 Å². The number of halogens is 3. The van der Waals surface area contributed by atoms with Crippen molar-refractivity contribution in [3.05, 3.63) is 58.1 Å². The average molecular weight is 325 g/mol. The van der Waals surface area contributed by atoms with Crippen molar-refractivity contribution in [3.63, 3.8) is 0 Å². The largest absolute Gasteiger partial charge is 0.264 e. The zero-order valence-corrected chi connectivity index (χ0v) is 11.9. The second-order valence-corrected chi connectivity index (χ2v) is 4.94. The Bertz CT molecular complexity index is 837. The molecular formula is C13H7ClF2N4S. The van der Waals surface area contributed by atoms with Crippen molar-refractivity contribution < 1.29 is 8.78 Å². The number of rotatable bonds is 2. The molecule has 0 atom stereocenters. The number of pyridine rings is 1. The zero-order chi connectivity index (χ0) is 15.0. The lowest BCUT2D eigenvalue weighted by atomic mass is 10.2. The molecule has 0 fully saturated rings. The van der Waals surface area contributed by atoms with Gasteiger partial charge in [0.2, 0.25) is 0 Å². The number of hydrogen-bond donors (Lipinski definition) is 1. The molecule has 0 aliphatic carbocycles. The van der Waals surface area contributed by atoms with E-state index in [0.29, 0.717) is 11.4 Å². The van der Waals surface area contributed by atoms with Crippen molar-refractivity contribution in [1.82, 2.24) is 19.7 Å². The highest BCUT2D eigenvalue weighted by Gasteiger charge is 2.18. The molecule has 1 N–H and O–H groups in total. The summed E-state index contributed by atoms with van der Waals surface area (Å²) >= 11 is 11.1. The summed E-state index contributed by atoms with van der Waals surface area (Å²) in [6.45, 7) is 0. The van der Waals surface area contributed by atoms with Gasteiger partial charge in [0.05, 0.1) is 5.02 Å². The van der Waals surface area contributed by atoms with Gasteiger partial charge in [0.25, 0.3) is 0 Å². The molecule has 0 radical (unpaired) electrons. The molecule has 4 nitrogen and oxygen atoms in total. The van der Waals surface area contributed by atoms with Gasteiger partial charge in [0.15, 0.2) is 16.4 Å². The number of aromatic amines is 1. The van der Waals surface area contributed by atoms with Gasteiger partial charge in [0.1, 0.15) is 11.5 Å². The molecule has 2 heterocycles. The first-order valence-corrected chi connectivity index (χ1v) is 6.59. The number of H-pyrrole nitrogens is 1. The van der Waals surface area contributed by atoms with Crippen molar-refractivity contribution in [2.75, 3.05) is 0 Å². The molecule has 8 heteroatoms. The van der Waals surface area contributed by atoms with E-state index < -0.39 is 11.6 Å². The summed E-state index contributed by atoms with van der Waals surface area (Å²) in [5, 5.41) is 6.52. The molecule has 0 aliphatic heterocycles. The highest BCUT2D eigenvalue weighted by atomic mass is 35.5. The van der Waals surface area contributed by atoms with Gasteiger partial charge < -0.3 is 0 Å². The monoisotopic (exact) mass is 324 g/mol. The van der Waals surface area contributed by atoms with E-state index in [0.717, 1.165) is 12.1 Å². The third-order valence-corrected chi connectivity index (χ3v) is 3.36. The van der Waals surface area contributed by atoms with Gasteiger partial charge in [-0.05, 0) is 30.4 Å². The van der Waals surface area contributed by atoms with E-state index in [-0.39, 0.29) is 15.5 Å². The summed E-state index contributed by atoms with van der Waals surface area (Å²) in [7, 11) is 0. The Morgan fingerprint density at radius 1 is 1.29 bits per heavy atom. The molecule has 3 aromatic rings. The number of hydrogen-bond acceptors (Lipinski definition) is 3. The molecule has 0 amide bonds. The second kappa shape index (κ2) is 5.34. The predicted molar refractivity (Wildman–Crippen MR) is 76.9 cm³/mol. The highest BCUT2D eigenvalue weighted by Crippen LogP contribution is 2.29. The van der Waals surface area contributed by atoms with Gasteiger partial charge in [-0.15, -0.1) is 0 Å². The van der Waals surface area contributed by atoms with Gasteiger partial charge in [-0.1, -0.05) is 11.6 Å². The molecule has 2 aromatic heterocycles. The number of benzene rings is 1. The first-order chi connectivity index (χ1) is 10.1. The van der Waals surface area contributed by atoms with Gasteiger partial charge in [-0.25, -0.2) is 8.78 Å².